The van der Waals surface area contributed by atoms with E-state index in [0.717, 1.165) is 49.3 Å². The predicted octanol–water partition coefficient (Wildman–Crippen LogP) is 4.17. The molecule has 2 fully saturated rings. The van der Waals surface area contributed by atoms with Gasteiger partial charge in [0, 0.05) is 26.1 Å². The summed E-state index contributed by atoms with van der Waals surface area (Å²) in [5, 5.41) is 0. The average molecular weight is 421 g/mol. The third kappa shape index (κ3) is 4.51. The van der Waals surface area contributed by atoms with Gasteiger partial charge in [0.1, 0.15) is 18.1 Å². The summed E-state index contributed by atoms with van der Waals surface area (Å²) in [6, 6.07) is 15.9. The van der Waals surface area contributed by atoms with Gasteiger partial charge in [-0.15, -0.1) is 0 Å². The van der Waals surface area contributed by atoms with Crippen LogP contribution in [0.15, 0.2) is 48.5 Å². The first-order valence-electron chi connectivity index (χ1n) is 11.2. The second kappa shape index (κ2) is 8.98. The molecule has 7 nitrogen and oxygen atoms in total. The molecule has 0 spiro atoms. The van der Waals surface area contributed by atoms with Gasteiger partial charge in [-0.2, -0.15) is 4.98 Å². The highest BCUT2D eigenvalue weighted by molar-refractivity contribution is 5.78. The highest BCUT2D eigenvalue weighted by Crippen LogP contribution is 2.26. The molecular weight excluding hydrogens is 392 g/mol. The number of nitrogens with one attached hydrogen (secondary N) is 1. The van der Waals surface area contributed by atoms with Crippen LogP contribution in [0.5, 0.6) is 17.5 Å². The van der Waals surface area contributed by atoms with Crippen molar-refractivity contribution < 1.29 is 14.3 Å². The number of amides is 1. The lowest BCUT2D eigenvalue weighted by Gasteiger charge is -2.40. The van der Waals surface area contributed by atoms with Crippen molar-refractivity contribution >= 4 is 16.9 Å². The SMILES string of the molecule is O=C1CCCN1C1CCCCN1CCOc1ccc(Oc2nc3ccccc3[nH]2)cc1. The number of para-hydroxylation sites is 2. The summed E-state index contributed by atoms with van der Waals surface area (Å²) in [5.74, 6) is 1.82. The maximum absolute atomic E-state index is 12.2. The van der Waals surface area contributed by atoms with Crippen LogP contribution < -0.4 is 9.47 Å². The van der Waals surface area contributed by atoms with Crippen LogP contribution >= 0.6 is 0 Å². The second-order valence-corrected chi connectivity index (χ2v) is 8.18. The molecule has 0 radical (unpaired) electrons. The van der Waals surface area contributed by atoms with Crippen molar-refractivity contribution in [3.05, 3.63) is 48.5 Å². The maximum Gasteiger partial charge on any atom is 0.300 e. The van der Waals surface area contributed by atoms with Crippen LogP contribution in [0.25, 0.3) is 11.0 Å². The number of piperidine rings is 1. The van der Waals surface area contributed by atoms with Gasteiger partial charge in [0.2, 0.25) is 5.91 Å². The topological polar surface area (TPSA) is 70.7 Å². The molecule has 1 atom stereocenters. The van der Waals surface area contributed by atoms with Crippen molar-refractivity contribution in [2.45, 2.75) is 38.3 Å². The Balaban J connectivity index is 1.14. The first kappa shape index (κ1) is 19.9. The number of fused-ring (bicyclic) bond motifs is 1. The standard InChI is InChI=1S/C24H28N4O3/c29-23-9-5-15-28(23)22-8-3-4-14-27(22)16-17-30-18-10-12-19(13-11-18)31-24-25-20-6-1-2-7-21(20)26-24/h1-2,6-7,10-13,22H,3-5,8-9,14-17H2,(H,25,26). The minimum Gasteiger partial charge on any atom is -0.492 e. The number of carbonyl (C=O) groups is 1. The van der Waals surface area contributed by atoms with Gasteiger partial charge in [0.05, 0.1) is 17.2 Å². The molecule has 3 heterocycles. The summed E-state index contributed by atoms with van der Waals surface area (Å²) >= 11 is 0. The monoisotopic (exact) mass is 420 g/mol. The smallest absolute Gasteiger partial charge is 0.300 e. The fraction of sp³-hybridized carbons (Fsp3) is 0.417. The van der Waals surface area contributed by atoms with Crippen LogP contribution in [0.1, 0.15) is 32.1 Å². The van der Waals surface area contributed by atoms with E-state index in [1.807, 2.05) is 48.5 Å². The summed E-state index contributed by atoms with van der Waals surface area (Å²) < 4.78 is 11.8. The Morgan fingerprint density at radius 3 is 2.65 bits per heavy atom. The Bertz CT molecular complexity index is 1000. The summed E-state index contributed by atoms with van der Waals surface area (Å²) in [6.07, 6.45) is 5.38. The highest BCUT2D eigenvalue weighted by atomic mass is 16.5. The van der Waals surface area contributed by atoms with Gasteiger partial charge in [0.15, 0.2) is 0 Å². The van der Waals surface area contributed by atoms with Gasteiger partial charge in [-0.25, -0.2) is 0 Å². The van der Waals surface area contributed by atoms with E-state index in [-0.39, 0.29) is 6.17 Å². The molecule has 3 aromatic rings. The van der Waals surface area contributed by atoms with E-state index in [9.17, 15) is 4.79 Å². The number of hydrogen-bond acceptors (Lipinski definition) is 5. The lowest BCUT2D eigenvalue weighted by molar-refractivity contribution is -0.134. The Morgan fingerprint density at radius 1 is 1.00 bits per heavy atom. The summed E-state index contributed by atoms with van der Waals surface area (Å²) in [7, 11) is 0. The Labute approximate surface area is 182 Å². The minimum atomic E-state index is 0.243. The number of benzene rings is 2. The Hall–Kier alpha value is -3.06. The van der Waals surface area contributed by atoms with Gasteiger partial charge in [-0.05, 0) is 62.1 Å². The number of hydrogen-bond donors (Lipinski definition) is 1. The first-order valence-corrected chi connectivity index (χ1v) is 11.2. The van der Waals surface area contributed by atoms with E-state index < -0.39 is 0 Å². The molecule has 5 rings (SSSR count). The number of likely N-dealkylation sites (tertiary alicyclic amines) is 2. The molecule has 1 aromatic heterocycles. The summed E-state index contributed by atoms with van der Waals surface area (Å²) in [6.45, 7) is 3.35. The predicted molar refractivity (Wildman–Crippen MR) is 118 cm³/mol. The number of H-pyrrole nitrogens is 1. The van der Waals surface area contributed by atoms with Crippen molar-refractivity contribution in [1.29, 1.82) is 0 Å². The zero-order valence-electron chi connectivity index (χ0n) is 17.6. The maximum atomic E-state index is 12.2. The Kier molecular flexibility index (Phi) is 5.76. The number of aromatic amines is 1. The van der Waals surface area contributed by atoms with Gasteiger partial charge in [0.25, 0.3) is 6.01 Å². The number of carbonyl (C=O) groups excluding carboxylic acids is 1. The third-order valence-corrected chi connectivity index (χ3v) is 6.10. The van der Waals surface area contributed by atoms with Gasteiger partial charge in [-0.1, -0.05) is 12.1 Å². The molecule has 162 valence electrons. The normalized spacial score (nSPS) is 19.8. The molecule has 0 bridgehead atoms. The van der Waals surface area contributed by atoms with Crippen LogP contribution in [0.3, 0.4) is 0 Å². The summed E-state index contributed by atoms with van der Waals surface area (Å²) in [5.41, 5.74) is 1.83. The zero-order valence-corrected chi connectivity index (χ0v) is 17.6. The van der Waals surface area contributed by atoms with E-state index in [4.69, 9.17) is 9.47 Å². The molecule has 1 unspecified atom stereocenters. The first-order chi connectivity index (χ1) is 15.3. The molecule has 31 heavy (non-hydrogen) atoms. The number of nitrogens with zero attached hydrogens (tertiary/aromatic N) is 3. The lowest BCUT2D eigenvalue weighted by atomic mass is 10.1. The molecule has 0 saturated carbocycles. The average Bonchev–Trinajstić information content (AvgIpc) is 3.40. The van der Waals surface area contributed by atoms with Gasteiger partial charge < -0.3 is 19.4 Å². The number of aromatic nitrogens is 2. The molecule has 1 amide bonds. The molecule has 7 heteroatoms. The number of imidazole rings is 1. The van der Waals surface area contributed by atoms with Crippen LogP contribution in [0.4, 0.5) is 0 Å². The molecule has 2 aliphatic heterocycles. The third-order valence-electron chi connectivity index (χ3n) is 6.10. The van der Waals surface area contributed by atoms with Crippen LogP contribution in [0.2, 0.25) is 0 Å². The zero-order chi connectivity index (χ0) is 21.0. The molecule has 0 aliphatic carbocycles. The summed E-state index contributed by atoms with van der Waals surface area (Å²) in [4.78, 5) is 24.3. The molecular formula is C24H28N4O3. The Morgan fingerprint density at radius 2 is 1.84 bits per heavy atom. The largest absolute Gasteiger partial charge is 0.492 e. The second-order valence-electron chi connectivity index (χ2n) is 8.18. The quantitative estimate of drug-likeness (QED) is 0.621. The van der Waals surface area contributed by atoms with Crippen molar-refractivity contribution in [3.63, 3.8) is 0 Å². The van der Waals surface area contributed by atoms with Gasteiger partial charge in [-0.3, -0.25) is 9.69 Å². The van der Waals surface area contributed by atoms with Crippen molar-refractivity contribution in [3.8, 4) is 17.5 Å². The van der Waals surface area contributed by atoms with Crippen molar-refractivity contribution in [2.75, 3.05) is 26.2 Å². The van der Waals surface area contributed by atoms with Crippen LogP contribution in [-0.2, 0) is 4.79 Å². The van der Waals surface area contributed by atoms with E-state index >= 15 is 0 Å². The van der Waals surface area contributed by atoms with E-state index in [2.05, 4.69) is 19.8 Å². The van der Waals surface area contributed by atoms with Crippen molar-refractivity contribution in [1.82, 2.24) is 19.8 Å². The molecule has 2 aromatic carbocycles. The van der Waals surface area contributed by atoms with E-state index in [1.165, 1.54) is 12.8 Å². The van der Waals surface area contributed by atoms with Gasteiger partial charge >= 0.3 is 0 Å². The fourth-order valence-electron chi connectivity index (χ4n) is 4.55. The minimum absolute atomic E-state index is 0.243. The molecule has 2 saturated heterocycles. The van der Waals surface area contributed by atoms with Crippen LogP contribution in [-0.4, -0.2) is 58.1 Å². The molecule has 1 N–H and O–H groups in total. The fourth-order valence-corrected chi connectivity index (χ4v) is 4.55. The van der Waals surface area contributed by atoms with Crippen molar-refractivity contribution in [2.24, 2.45) is 0 Å². The lowest BCUT2D eigenvalue weighted by Crippen LogP contribution is -2.52. The number of ether oxygens (including phenoxy) is 2. The molecule has 2 aliphatic rings. The number of rotatable bonds is 7. The highest BCUT2D eigenvalue weighted by Gasteiger charge is 2.33. The van der Waals surface area contributed by atoms with Crippen LogP contribution in [0, 0.1) is 0 Å². The van der Waals surface area contributed by atoms with E-state index in [0.29, 0.717) is 30.7 Å². The van der Waals surface area contributed by atoms with E-state index in [1.54, 1.807) is 0 Å².